The molecule has 2 amide bonds. The minimum absolute atomic E-state index is 0.179. The van der Waals surface area contributed by atoms with Gasteiger partial charge in [-0.3, -0.25) is 0 Å². The maximum atomic E-state index is 12.2. The molecule has 0 bridgehead atoms. The number of morpholine rings is 1. The normalized spacial score (nSPS) is 22.7. The molecule has 1 heterocycles. The second-order valence-corrected chi connectivity index (χ2v) is 6.67. The molecular weight excluding hydrogens is 296 g/mol. The Balaban J connectivity index is 2.65. The number of hydrogen-bond donors (Lipinski definition) is 3. The molecule has 0 aromatic rings. The van der Waals surface area contributed by atoms with Crippen LogP contribution in [0.2, 0.25) is 0 Å². The fourth-order valence-corrected chi connectivity index (χ4v) is 2.75. The molecule has 1 aliphatic rings. The number of amides is 2. The number of carbonyl (C=O) groups is 2. The van der Waals surface area contributed by atoms with Crippen LogP contribution in [0.15, 0.2) is 0 Å². The highest BCUT2D eigenvalue weighted by Crippen LogP contribution is 2.21. The lowest BCUT2D eigenvalue weighted by molar-refractivity contribution is -0.141. The van der Waals surface area contributed by atoms with Crippen molar-refractivity contribution in [3.05, 3.63) is 0 Å². The summed E-state index contributed by atoms with van der Waals surface area (Å²) in [5, 5.41) is 20.9. The van der Waals surface area contributed by atoms with Crippen molar-refractivity contribution in [2.45, 2.75) is 38.0 Å². The summed E-state index contributed by atoms with van der Waals surface area (Å²) in [4.78, 5) is 24.9. The number of carboxylic acids is 1. The van der Waals surface area contributed by atoms with Crippen LogP contribution >= 0.6 is 11.8 Å². The summed E-state index contributed by atoms with van der Waals surface area (Å²) in [5.74, 6) is -0.380. The number of ether oxygens (including phenoxy) is 1. The number of urea groups is 1. The van der Waals surface area contributed by atoms with Crippen LogP contribution in [-0.2, 0) is 9.53 Å². The van der Waals surface area contributed by atoms with Gasteiger partial charge in [-0.2, -0.15) is 11.8 Å². The summed E-state index contributed by atoms with van der Waals surface area (Å²) < 4.78 is 5.63. The SMILES string of the molecule is CSCC[C@H](NC(=O)N1CC(CO)OC(C)(C)C1)C(=O)O. The third-order valence-corrected chi connectivity index (χ3v) is 3.82. The Hall–Kier alpha value is -0.990. The monoisotopic (exact) mass is 320 g/mol. The molecule has 0 spiro atoms. The Morgan fingerprint density at radius 3 is 2.71 bits per heavy atom. The Bertz CT molecular complexity index is 378. The summed E-state index contributed by atoms with van der Waals surface area (Å²) in [6.07, 6.45) is 1.81. The van der Waals surface area contributed by atoms with Gasteiger partial charge in [-0.15, -0.1) is 0 Å². The molecule has 1 saturated heterocycles. The predicted molar refractivity (Wildman–Crippen MR) is 80.6 cm³/mol. The van der Waals surface area contributed by atoms with Crippen LogP contribution in [-0.4, -0.2) is 76.6 Å². The molecule has 1 aliphatic heterocycles. The van der Waals surface area contributed by atoms with Gasteiger partial charge in [0.05, 0.1) is 31.4 Å². The highest BCUT2D eigenvalue weighted by Gasteiger charge is 2.36. The topological polar surface area (TPSA) is 99.1 Å². The standard InChI is InChI=1S/C13H24N2O5S/c1-13(2)8-15(6-9(7-16)20-13)12(19)14-10(11(17)18)4-5-21-3/h9-10,16H,4-8H2,1-3H3,(H,14,19)(H,17,18)/t9?,10-/m0/s1. The van der Waals surface area contributed by atoms with Crippen molar-refractivity contribution in [3.8, 4) is 0 Å². The lowest BCUT2D eigenvalue weighted by Crippen LogP contribution is -2.59. The molecular formula is C13H24N2O5S. The van der Waals surface area contributed by atoms with Gasteiger partial charge in [0, 0.05) is 0 Å². The first kappa shape index (κ1) is 18.1. The van der Waals surface area contributed by atoms with Crippen molar-refractivity contribution in [2.24, 2.45) is 0 Å². The van der Waals surface area contributed by atoms with E-state index in [0.29, 0.717) is 18.7 Å². The van der Waals surface area contributed by atoms with Crippen LogP contribution in [0.4, 0.5) is 4.79 Å². The fraction of sp³-hybridized carbons (Fsp3) is 0.846. The number of rotatable bonds is 6. The van der Waals surface area contributed by atoms with E-state index in [-0.39, 0.29) is 13.2 Å². The van der Waals surface area contributed by atoms with Gasteiger partial charge in [0.15, 0.2) is 0 Å². The Morgan fingerprint density at radius 2 is 2.19 bits per heavy atom. The first-order valence-corrected chi connectivity index (χ1v) is 8.24. The molecule has 0 saturated carbocycles. The van der Waals surface area contributed by atoms with Gasteiger partial charge in [0.2, 0.25) is 0 Å². The lowest BCUT2D eigenvalue weighted by Gasteiger charge is -2.42. The van der Waals surface area contributed by atoms with E-state index in [9.17, 15) is 14.7 Å². The Labute approximate surface area is 129 Å². The van der Waals surface area contributed by atoms with E-state index >= 15 is 0 Å². The van der Waals surface area contributed by atoms with Crippen molar-refractivity contribution in [2.75, 3.05) is 31.7 Å². The van der Waals surface area contributed by atoms with Crippen molar-refractivity contribution < 1.29 is 24.5 Å². The summed E-state index contributed by atoms with van der Waals surface area (Å²) >= 11 is 1.53. The van der Waals surface area contributed by atoms with E-state index in [1.165, 1.54) is 16.7 Å². The number of nitrogens with zero attached hydrogens (tertiary/aromatic N) is 1. The number of carboxylic acid groups (broad SMARTS) is 1. The molecule has 1 fully saturated rings. The zero-order chi connectivity index (χ0) is 16.0. The molecule has 2 atom stereocenters. The van der Waals surface area contributed by atoms with Crippen molar-refractivity contribution in [1.29, 1.82) is 0 Å². The van der Waals surface area contributed by atoms with E-state index < -0.39 is 29.7 Å². The lowest BCUT2D eigenvalue weighted by atomic mass is 10.1. The average Bonchev–Trinajstić information content (AvgIpc) is 2.40. The maximum absolute atomic E-state index is 12.2. The largest absolute Gasteiger partial charge is 0.480 e. The molecule has 0 aromatic heterocycles. The first-order valence-electron chi connectivity index (χ1n) is 6.85. The predicted octanol–water partition coefficient (Wildman–Crippen LogP) is 0.374. The van der Waals surface area contributed by atoms with Gasteiger partial charge in [0.1, 0.15) is 6.04 Å². The van der Waals surface area contributed by atoms with Crippen LogP contribution in [0.3, 0.4) is 0 Å². The third-order valence-electron chi connectivity index (χ3n) is 3.18. The van der Waals surface area contributed by atoms with Crippen molar-refractivity contribution in [3.63, 3.8) is 0 Å². The number of hydrogen-bond acceptors (Lipinski definition) is 5. The molecule has 7 nitrogen and oxygen atoms in total. The van der Waals surface area contributed by atoms with E-state index in [1.54, 1.807) is 0 Å². The van der Waals surface area contributed by atoms with Crippen LogP contribution < -0.4 is 5.32 Å². The summed E-state index contributed by atoms with van der Waals surface area (Å²) in [7, 11) is 0. The van der Waals surface area contributed by atoms with Crippen molar-refractivity contribution >= 4 is 23.8 Å². The molecule has 122 valence electrons. The Kier molecular flexibility index (Phi) is 6.76. The number of thioether (sulfide) groups is 1. The molecule has 0 radical (unpaired) electrons. The number of aliphatic carboxylic acids is 1. The van der Waals surface area contributed by atoms with Crippen LogP contribution in [0.5, 0.6) is 0 Å². The zero-order valence-electron chi connectivity index (χ0n) is 12.7. The number of nitrogens with one attached hydrogen (secondary N) is 1. The number of aliphatic hydroxyl groups is 1. The molecule has 3 N–H and O–H groups in total. The summed E-state index contributed by atoms with van der Waals surface area (Å²) in [5.41, 5.74) is -0.568. The quantitative estimate of drug-likeness (QED) is 0.654. The first-order chi connectivity index (χ1) is 9.79. The zero-order valence-corrected chi connectivity index (χ0v) is 13.5. The van der Waals surface area contributed by atoms with E-state index in [1.807, 2.05) is 20.1 Å². The maximum Gasteiger partial charge on any atom is 0.326 e. The van der Waals surface area contributed by atoms with Crippen LogP contribution in [0.25, 0.3) is 0 Å². The fourth-order valence-electron chi connectivity index (χ4n) is 2.28. The molecule has 1 unspecified atom stereocenters. The van der Waals surface area contributed by atoms with Crippen molar-refractivity contribution in [1.82, 2.24) is 10.2 Å². The van der Waals surface area contributed by atoms with Crippen LogP contribution in [0.1, 0.15) is 20.3 Å². The third kappa shape index (κ3) is 5.72. The highest BCUT2D eigenvalue weighted by molar-refractivity contribution is 7.98. The molecule has 0 aromatic carbocycles. The van der Waals surface area contributed by atoms with Crippen LogP contribution in [0, 0.1) is 0 Å². The van der Waals surface area contributed by atoms with Gasteiger partial charge in [-0.25, -0.2) is 9.59 Å². The van der Waals surface area contributed by atoms with E-state index in [0.717, 1.165) is 0 Å². The second kappa shape index (κ2) is 7.86. The van der Waals surface area contributed by atoms with Gasteiger partial charge < -0.3 is 25.2 Å². The summed E-state index contributed by atoms with van der Waals surface area (Å²) in [6, 6.07) is -1.33. The molecule has 1 rings (SSSR count). The summed E-state index contributed by atoms with van der Waals surface area (Å²) in [6.45, 7) is 4.09. The average molecular weight is 320 g/mol. The molecule has 0 aliphatic carbocycles. The van der Waals surface area contributed by atoms with Gasteiger partial charge in [0.25, 0.3) is 0 Å². The van der Waals surface area contributed by atoms with Gasteiger partial charge in [-0.1, -0.05) is 0 Å². The minimum atomic E-state index is -1.04. The minimum Gasteiger partial charge on any atom is -0.480 e. The number of carbonyl (C=O) groups excluding carboxylic acids is 1. The molecule has 8 heteroatoms. The second-order valence-electron chi connectivity index (χ2n) is 5.68. The van der Waals surface area contributed by atoms with E-state index in [4.69, 9.17) is 9.84 Å². The van der Waals surface area contributed by atoms with Gasteiger partial charge >= 0.3 is 12.0 Å². The van der Waals surface area contributed by atoms with E-state index in [2.05, 4.69) is 5.32 Å². The molecule has 21 heavy (non-hydrogen) atoms. The smallest absolute Gasteiger partial charge is 0.326 e. The highest BCUT2D eigenvalue weighted by atomic mass is 32.2. The number of aliphatic hydroxyl groups excluding tert-OH is 1. The Morgan fingerprint density at radius 1 is 1.52 bits per heavy atom. The van der Waals surface area contributed by atoms with Gasteiger partial charge in [-0.05, 0) is 32.3 Å².